The molecule has 0 spiro atoms. The highest BCUT2D eigenvalue weighted by Gasteiger charge is 2.17. The van der Waals surface area contributed by atoms with E-state index in [0.717, 1.165) is 56.0 Å². The molecule has 0 saturated carbocycles. The highest BCUT2D eigenvalue weighted by Crippen LogP contribution is 2.43. The summed E-state index contributed by atoms with van der Waals surface area (Å²) in [5.74, 6) is 0.938. The summed E-state index contributed by atoms with van der Waals surface area (Å²) in [5, 5.41) is 6.28. The van der Waals surface area contributed by atoms with Crippen LogP contribution in [0.2, 0.25) is 0 Å². The minimum Gasteiger partial charge on any atom is -0.292 e. The summed E-state index contributed by atoms with van der Waals surface area (Å²) in [6.45, 7) is 0. The van der Waals surface area contributed by atoms with E-state index in [-0.39, 0.29) is 0 Å². The van der Waals surface area contributed by atoms with Gasteiger partial charge in [-0.25, -0.2) is 9.97 Å². The highest BCUT2D eigenvalue weighted by molar-refractivity contribution is 7.26. The predicted molar refractivity (Wildman–Crippen MR) is 203 cm³/mol. The number of pyridine rings is 1. The van der Waals surface area contributed by atoms with E-state index in [2.05, 4.69) is 156 Å². The number of aromatic nitrogens is 3. The zero-order valence-electron chi connectivity index (χ0n) is 25.8. The van der Waals surface area contributed by atoms with E-state index in [4.69, 9.17) is 9.97 Å². The van der Waals surface area contributed by atoms with Crippen molar-refractivity contribution >= 4 is 64.2 Å². The summed E-state index contributed by atoms with van der Waals surface area (Å²) in [4.78, 5) is 10.3. The molecule has 0 unspecified atom stereocenters. The van der Waals surface area contributed by atoms with Gasteiger partial charge in [-0.3, -0.25) is 4.57 Å². The quantitative estimate of drug-likeness (QED) is 0.181. The summed E-state index contributed by atoms with van der Waals surface area (Å²) in [5.41, 5.74) is 9.70. The van der Waals surface area contributed by atoms with Crippen molar-refractivity contribution in [2.24, 2.45) is 0 Å². The SMILES string of the molecule is c1ccc(-c2nc3ccccc3n2-c2ccc(-c3cccc(-c4nc5ccccc5c5c4ccc4c6ccccc6sc45)c3)cc2)cc1. The fraction of sp³-hybridized carbons (Fsp3) is 0. The smallest absolute Gasteiger partial charge is 0.145 e. The van der Waals surface area contributed by atoms with E-state index in [1.165, 1.54) is 36.3 Å². The molecule has 3 aromatic heterocycles. The lowest BCUT2D eigenvalue weighted by molar-refractivity contribution is 1.10. The summed E-state index contributed by atoms with van der Waals surface area (Å²) in [6.07, 6.45) is 0. The molecule has 224 valence electrons. The van der Waals surface area contributed by atoms with Crippen molar-refractivity contribution in [2.45, 2.75) is 0 Å². The van der Waals surface area contributed by atoms with E-state index < -0.39 is 0 Å². The average molecular weight is 630 g/mol. The molecule has 0 atom stereocenters. The van der Waals surface area contributed by atoms with Crippen LogP contribution in [0.25, 0.3) is 92.3 Å². The number of fused-ring (bicyclic) bond motifs is 8. The Bertz CT molecular complexity index is 2830. The first-order chi connectivity index (χ1) is 23.8. The molecule has 0 bridgehead atoms. The van der Waals surface area contributed by atoms with Gasteiger partial charge in [-0.15, -0.1) is 11.3 Å². The van der Waals surface area contributed by atoms with Crippen LogP contribution < -0.4 is 0 Å². The van der Waals surface area contributed by atoms with Crippen molar-refractivity contribution in [2.75, 3.05) is 0 Å². The zero-order valence-corrected chi connectivity index (χ0v) is 26.7. The van der Waals surface area contributed by atoms with E-state index in [1.54, 1.807) is 0 Å². The number of thiophene rings is 1. The van der Waals surface area contributed by atoms with Gasteiger partial charge in [0, 0.05) is 53.1 Å². The topological polar surface area (TPSA) is 30.7 Å². The van der Waals surface area contributed by atoms with Gasteiger partial charge in [-0.1, -0.05) is 121 Å². The molecule has 0 saturated heterocycles. The molecule has 0 aliphatic heterocycles. The summed E-state index contributed by atoms with van der Waals surface area (Å²) in [7, 11) is 0. The zero-order chi connectivity index (χ0) is 31.6. The predicted octanol–water partition coefficient (Wildman–Crippen LogP) is 12.1. The van der Waals surface area contributed by atoms with Gasteiger partial charge < -0.3 is 0 Å². The van der Waals surface area contributed by atoms with E-state index in [1.807, 2.05) is 23.5 Å². The summed E-state index contributed by atoms with van der Waals surface area (Å²) < 4.78 is 4.89. The van der Waals surface area contributed by atoms with Crippen molar-refractivity contribution in [3.63, 3.8) is 0 Å². The first kappa shape index (κ1) is 27.1. The second kappa shape index (κ2) is 10.7. The maximum atomic E-state index is 5.28. The van der Waals surface area contributed by atoms with Crippen molar-refractivity contribution in [3.05, 3.63) is 164 Å². The van der Waals surface area contributed by atoms with Crippen LogP contribution in [0.4, 0.5) is 0 Å². The summed E-state index contributed by atoms with van der Waals surface area (Å²) in [6, 6.07) is 58.2. The van der Waals surface area contributed by atoms with Gasteiger partial charge in [0.15, 0.2) is 0 Å². The second-order valence-electron chi connectivity index (χ2n) is 12.2. The number of hydrogen-bond acceptors (Lipinski definition) is 3. The molecule has 4 heteroatoms. The lowest BCUT2D eigenvalue weighted by Gasteiger charge is -2.13. The third-order valence-corrected chi connectivity index (χ3v) is 10.6. The Hall–Kier alpha value is -6.10. The fourth-order valence-electron chi connectivity index (χ4n) is 7.15. The first-order valence-electron chi connectivity index (χ1n) is 16.2. The third kappa shape index (κ3) is 4.20. The number of hydrogen-bond donors (Lipinski definition) is 0. The van der Waals surface area contributed by atoms with Crippen LogP contribution in [0.5, 0.6) is 0 Å². The Morgan fingerprint density at radius 1 is 0.438 bits per heavy atom. The molecular weight excluding hydrogens is 603 g/mol. The lowest BCUT2D eigenvalue weighted by Crippen LogP contribution is -1.97. The number of rotatable bonds is 4. The van der Waals surface area contributed by atoms with Crippen LogP contribution in [-0.4, -0.2) is 14.5 Å². The largest absolute Gasteiger partial charge is 0.292 e. The first-order valence-corrected chi connectivity index (χ1v) is 17.0. The molecule has 0 aliphatic carbocycles. The molecular formula is C44H27N3S. The molecule has 48 heavy (non-hydrogen) atoms. The fourth-order valence-corrected chi connectivity index (χ4v) is 8.42. The molecule has 0 fully saturated rings. The molecule has 0 N–H and O–H groups in total. The number of imidazole rings is 1. The van der Waals surface area contributed by atoms with Gasteiger partial charge in [0.2, 0.25) is 0 Å². The van der Waals surface area contributed by atoms with Gasteiger partial charge in [-0.05, 0) is 53.6 Å². The van der Waals surface area contributed by atoms with E-state index in [9.17, 15) is 0 Å². The van der Waals surface area contributed by atoms with Crippen molar-refractivity contribution in [1.29, 1.82) is 0 Å². The Labute approximate surface area is 281 Å². The van der Waals surface area contributed by atoms with Crippen LogP contribution in [0.3, 0.4) is 0 Å². The van der Waals surface area contributed by atoms with Gasteiger partial charge in [0.1, 0.15) is 5.82 Å². The molecule has 10 aromatic rings. The third-order valence-electron chi connectivity index (χ3n) is 9.40. The normalized spacial score (nSPS) is 11.8. The molecule has 10 rings (SSSR count). The van der Waals surface area contributed by atoms with Crippen molar-refractivity contribution < 1.29 is 0 Å². The van der Waals surface area contributed by atoms with E-state index >= 15 is 0 Å². The minimum absolute atomic E-state index is 0.938. The molecule has 0 aliphatic rings. The monoisotopic (exact) mass is 629 g/mol. The van der Waals surface area contributed by atoms with Gasteiger partial charge in [0.25, 0.3) is 0 Å². The number of benzene rings is 7. The average Bonchev–Trinajstić information content (AvgIpc) is 3.74. The molecule has 3 nitrogen and oxygen atoms in total. The Kier molecular flexibility index (Phi) is 6.05. The van der Waals surface area contributed by atoms with Crippen molar-refractivity contribution in [1.82, 2.24) is 14.5 Å². The lowest BCUT2D eigenvalue weighted by atomic mass is 9.96. The van der Waals surface area contributed by atoms with Crippen molar-refractivity contribution in [3.8, 4) is 39.5 Å². The van der Waals surface area contributed by atoms with Gasteiger partial charge in [0.05, 0.1) is 22.2 Å². The van der Waals surface area contributed by atoms with E-state index in [0.29, 0.717) is 0 Å². The maximum Gasteiger partial charge on any atom is 0.145 e. The van der Waals surface area contributed by atoms with Gasteiger partial charge >= 0.3 is 0 Å². The van der Waals surface area contributed by atoms with Gasteiger partial charge in [-0.2, -0.15) is 0 Å². The molecule has 0 radical (unpaired) electrons. The maximum absolute atomic E-state index is 5.28. The highest BCUT2D eigenvalue weighted by atomic mass is 32.1. The number of para-hydroxylation sites is 3. The minimum atomic E-state index is 0.938. The Balaban J connectivity index is 1.11. The molecule has 3 heterocycles. The van der Waals surface area contributed by atoms with Crippen LogP contribution in [0, 0.1) is 0 Å². The standard InChI is InChI=1S/C44H27N3S/c1-2-11-29(12-3-1)44-46-38-18-7-8-19-39(38)47(44)32-23-21-28(22-24-32)30-13-10-14-31(27-30)42-36-26-25-34-33-15-5-9-20-40(33)48-43(34)41(36)35-16-4-6-17-37(35)45-42/h1-27H. The van der Waals surface area contributed by atoms with Crippen LogP contribution in [0.15, 0.2) is 164 Å². The van der Waals surface area contributed by atoms with Crippen LogP contribution in [-0.2, 0) is 0 Å². The second-order valence-corrected chi connectivity index (χ2v) is 13.2. The molecule has 0 amide bonds. The summed E-state index contributed by atoms with van der Waals surface area (Å²) >= 11 is 1.88. The van der Waals surface area contributed by atoms with Crippen LogP contribution in [0.1, 0.15) is 0 Å². The Morgan fingerprint density at radius 2 is 1.12 bits per heavy atom. The Morgan fingerprint density at radius 3 is 2.00 bits per heavy atom. The number of nitrogens with zero attached hydrogens (tertiary/aromatic N) is 3. The van der Waals surface area contributed by atoms with Crippen LogP contribution >= 0.6 is 11.3 Å². The molecule has 7 aromatic carbocycles.